The number of amides is 1. The Morgan fingerprint density at radius 2 is 2.13 bits per heavy atom. The number of rotatable bonds is 6. The van der Waals surface area contributed by atoms with Gasteiger partial charge in [0.2, 0.25) is 0 Å². The molecule has 3 rings (SSSR count). The Morgan fingerprint density at radius 1 is 1.39 bits per heavy atom. The largest absolute Gasteiger partial charge is 0.394 e. The van der Waals surface area contributed by atoms with Crippen molar-refractivity contribution in [2.45, 2.75) is 31.8 Å². The van der Waals surface area contributed by atoms with Gasteiger partial charge < -0.3 is 15.2 Å². The van der Waals surface area contributed by atoms with Crippen LogP contribution in [-0.2, 0) is 11.3 Å². The first-order chi connectivity index (χ1) is 11.1. The number of carbonyl (C=O) groups is 1. The molecule has 2 fully saturated rings. The number of aliphatic hydroxyl groups excluding tert-OH is 1. The van der Waals surface area contributed by atoms with Gasteiger partial charge in [-0.25, -0.2) is 0 Å². The molecule has 1 unspecified atom stereocenters. The predicted octanol–water partition coefficient (Wildman–Crippen LogP) is 1.41. The number of hydrogen-bond acceptors (Lipinski definition) is 4. The molecule has 126 valence electrons. The molecule has 0 bridgehead atoms. The van der Waals surface area contributed by atoms with Crippen molar-refractivity contribution in [3.05, 3.63) is 35.4 Å². The van der Waals surface area contributed by atoms with Crippen LogP contribution in [0.2, 0.25) is 0 Å². The molecule has 5 nitrogen and oxygen atoms in total. The Morgan fingerprint density at radius 3 is 2.78 bits per heavy atom. The summed E-state index contributed by atoms with van der Waals surface area (Å²) in [6.07, 6.45) is 2.16. The maximum Gasteiger partial charge on any atom is 0.251 e. The molecule has 1 aliphatic carbocycles. The van der Waals surface area contributed by atoms with Crippen LogP contribution in [0.25, 0.3) is 0 Å². The van der Waals surface area contributed by atoms with Gasteiger partial charge in [-0.05, 0) is 43.4 Å². The third kappa shape index (κ3) is 4.10. The van der Waals surface area contributed by atoms with Crippen molar-refractivity contribution in [1.29, 1.82) is 0 Å². The lowest BCUT2D eigenvalue weighted by molar-refractivity contribution is 0.0341. The van der Waals surface area contributed by atoms with E-state index in [-0.39, 0.29) is 12.5 Å². The summed E-state index contributed by atoms with van der Waals surface area (Å²) in [5.74, 6) is 0.297. The number of ether oxygens (including phenoxy) is 1. The zero-order valence-electron chi connectivity index (χ0n) is 13.8. The monoisotopic (exact) mass is 318 g/mol. The summed E-state index contributed by atoms with van der Waals surface area (Å²) in [6, 6.07) is 7.77. The van der Waals surface area contributed by atoms with Gasteiger partial charge in [-0.3, -0.25) is 9.69 Å². The van der Waals surface area contributed by atoms with Gasteiger partial charge in [0, 0.05) is 25.2 Å². The van der Waals surface area contributed by atoms with Crippen molar-refractivity contribution in [2.75, 3.05) is 32.9 Å². The van der Waals surface area contributed by atoms with Gasteiger partial charge in [0.15, 0.2) is 0 Å². The van der Waals surface area contributed by atoms with Crippen molar-refractivity contribution in [3.8, 4) is 0 Å². The molecule has 1 amide bonds. The molecule has 0 spiro atoms. The van der Waals surface area contributed by atoms with Gasteiger partial charge in [-0.1, -0.05) is 12.1 Å². The molecule has 2 N–H and O–H groups in total. The number of hydrogen-bond donors (Lipinski definition) is 2. The van der Waals surface area contributed by atoms with Crippen LogP contribution < -0.4 is 5.32 Å². The fourth-order valence-corrected chi connectivity index (χ4v) is 3.15. The quantitative estimate of drug-likeness (QED) is 0.832. The van der Waals surface area contributed by atoms with Crippen LogP contribution in [-0.4, -0.2) is 54.4 Å². The lowest BCUT2D eigenvalue weighted by Gasteiger charge is -2.29. The number of nitrogens with zero attached hydrogens (tertiary/aromatic N) is 1. The van der Waals surface area contributed by atoms with Crippen LogP contribution in [0.5, 0.6) is 0 Å². The first kappa shape index (κ1) is 16.4. The van der Waals surface area contributed by atoms with E-state index in [0.29, 0.717) is 11.5 Å². The van der Waals surface area contributed by atoms with E-state index in [1.165, 1.54) is 0 Å². The fraction of sp³-hybridized carbons (Fsp3) is 0.611. The lowest BCUT2D eigenvalue weighted by Crippen LogP contribution is -2.50. The number of benzene rings is 1. The van der Waals surface area contributed by atoms with Crippen LogP contribution in [0.15, 0.2) is 24.3 Å². The molecule has 1 aliphatic heterocycles. The molecule has 1 heterocycles. The summed E-state index contributed by atoms with van der Waals surface area (Å²) < 4.78 is 5.37. The molecule has 5 heteroatoms. The topological polar surface area (TPSA) is 61.8 Å². The molecule has 1 atom stereocenters. The first-order valence-corrected chi connectivity index (χ1v) is 8.43. The normalized spacial score (nSPS) is 21.7. The smallest absolute Gasteiger partial charge is 0.251 e. The molecular weight excluding hydrogens is 292 g/mol. The van der Waals surface area contributed by atoms with E-state index < -0.39 is 5.54 Å². The van der Waals surface area contributed by atoms with Crippen molar-refractivity contribution in [2.24, 2.45) is 5.92 Å². The van der Waals surface area contributed by atoms with E-state index in [1.807, 2.05) is 25.1 Å². The van der Waals surface area contributed by atoms with Crippen LogP contribution in [0, 0.1) is 5.92 Å². The van der Waals surface area contributed by atoms with E-state index in [4.69, 9.17) is 4.74 Å². The van der Waals surface area contributed by atoms with Gasteiger partial charge in [0.25, 0.3) is 5.91 Å². The maximum atomic E-state index is 12.5. The highest BCUT2D eigenvalue weighted by molar-refractivity contribution is 5.94. The van der Waals surface area contributed by atoms with Gasteiger partial charge in [-0.15, -0.1) is 0 Å². The molecule has 1 aromatic carbocycles. The van der Waals surface area contributed by atoms with Crippen molar-refractivity contribution >= 4 is 5.91 Å². The molecular formula is C18H26N2O3. The zero-order chi connectivity index (χ0) is 16.3. The Bertz CT molecular complexity index is 553. The minimum Gasteiger partial charge on any atom is -0.394 e. The Kier molecular flexibility index (Phi) is 4.99. The molecule has 23 heavy (non-hydrogen) atoms. The Labute approximate surface area is 137 Å². The standard InChI is InChI=1S/C18H26N2O3/c1-18(13-21,16-5-6-16)19-17(22)15-4-2-3-14(11-15)12-20-7-9-23-10-8-20/h2-4,11,16,21H,5-10,12-13H2,1H3,(H,19,22). The first-order valence-electron chi connectivity index (χ1n) is 8.43. The second-order valence-electron chi connectivity index (χ2n) is 6.89. The summed E-state index contributed by atoms with van der Waals surface area (Å²) in [4.78, 5) is 14.9. The lowest BCUT2D eigenvalue weighted by atomic mass is 9.96. The average Bonchev–Trinajstić information content (AvgIpc) is 3.41. The molecule has 0 aromatic heterocycles. The summed E-state index contributed by atoms with van der Waals surface area (Å²) >= 11 is 0. The van der Waals surface area contributed by atoms with Gasteiger partial charge in [0.1, 0.15) is 0 Å². The van der Waals surface area contributed by atoms with Crippen LogP contribution in [0.4, 0.5) is 0 Å². The number of nitrogens with one attached hydrogen (secondary N) is 1. The second-order valence-corrected chi connectivity index (χ2v) is 6.89. The van der Waals surface area contributed by atoms with Crippen LogP contribution >= 0.6 is 0 Å². The molecule has 1 saturated heterocycles. The van der Waals surface area contributed by atoms with Crippen molar-refractivity contribution in [3.63, 3.8) is 0 Å². The van der Waals surface area contributed by atoms with Crippen molar-refractivity contribution in [1.82, 2.24) is 10.2 Å². The Hall–Kier alpha value is -1.43. The zero-order valence-corrected chi connectivity index (χ0v) is 13.8. The summed E-state index contributed by atoms with van der Waals surface area (Å²) in [6.45, 7) is 6.16. The van der Waals surface area contributed by atoms with E-state index in [2.05, 4.69) is 16.3 Å². The van der Waals surface area contributed by atoms with E-state index in [0.717, 1.165) is 51.3 Å². The maximum absolute atomic E-state index is 12.5. The van der Waals surface area contributed by atoms with E-state index in [1.54, 1.807) is 0 Å². The minimum absolute atomic E-state index is 0.0170. The third-order valence-corrected chi connectivity index (χ3v) is 4.91. The second kappa shape index (κ2) is 6.99. The number of aliphatic hydroxyl groups is 1. The SMILES string of the molecule is CC(CO)(NC(=O)c1cccc(CN2CCOCC2)c1)C1CC1. The van der Waals surface area contributed by atoms with Gasteiger partial charge >= 0.3 is 0 Å². The molecule has 1 saturated carbocycles. The molecule has 1 aromatic rings. The van der Waals surface area contributed by atoms with Gasteiger partial charge in [-0.2, -0.15) is 0 Å². The molecule has 2 aliphatic rings. The number of morpholine rings is 1. The molecule has 0 radical (unpaired) electrons. The predicted molar refractivity (Wildman–Crippen MR) is 88.2 cm³/mol. The highest BCUT2D eigenvalue weighted by Gasteiger charge is 2.42. The van der Waals surface area contributed by atoms with Crippen LogP contribution in [0.1, 0.15) is 35.7 Å². The number of carbonyl (C=O) groups excluding carboxylic acids is 1. The third-order valence-electron chi connectivity index (χ3n) is 4.91. The highest BCUT2D eigenvalue weighted by atomic mass is 16.5. The minimum atomic E-state index is -0.503. The average molecular weight is 318 g/mol. The van der Waals surface area contributed by atoms with Crippen molar-refractivity contribution < 1.29 is 14.6 Å². The summed E-state index contributed by atoms with van der Waals surface area (Å²) in [5.41, 5.74) is 1.30. The fourth-order valence-electron chi connectivity index (χ4n) is 3.15. The Balaban J connectivity index is 1.65. The van der Waals surface area contributed by atoms with Gasteiger partial charge in [0.05, 0.1) is 25.4 Å². The van der Waals surface area contributed by atoms with E-state index >= 15 is 0 Å². The highest BCUT2D eigenvalue weighted by Crippen LogP contribution is 2.39. The summed E-state index contributed by atoms with van der Waals surface area (Å²) in [5, 5.41) is 12.7. The van der Waals surface area contributed by atoms with E-state index in [9.17, 15) is 9.90 Å². The van der Waals surface area contributed by atoms with Crippen LogP contribution in [0.3, 0.4) is 0 Å². The summed E-state index contributed by atoms with van der Waals surface area (Å²) in [7, 11) is 0.